The average Bonchev–Trinajstić information content (AvgIpc) is 3.26. The van der Waals surface area contributed by atoms with Crippen LogP contribution in [0.25, 0.3) is 0 Å². The van der Waals surface area contributed by atoms with E-state index in [2.05, 4.69) is 23.8 Å². The molecule has 374 valence electrons. The van der Waals surface area contributed by atoms with Crippen molar-refractivity contribution < 1.29 is 43.1 Å². The van der Waals surface area contributed by atoms with E-state index in [9.17, 15) is 38.4 Å². The Hall–Kier alpha value is -4.86. The third kappa shape index (κ3) is 19.9. The Morgan fingerprint density at radius 1 is 0.742 bits per heavy atom. The SMILES string of the molecule is C=C/C=C(\C=C)C[C@@H](C(=O)N(C)[C@@H](CC(C)C)C(=O)NC(CC=O)C(=O)N1CCCCC1)N(C)C(=O)[C@H](COC(C)(C)C)NC(=O)[C@H](CC(C)C)N(C)C(=O)CN(CCCC)C(=O)CCC. The van der Waals surface area contributed by atoms with E-state index in [0.29, 0.717) is 44.3 Å². The van der Waals surface area contributed by atoms with Gasteiger partial charge in [0.15, 0.2) is 0 Å². The highest BCUT2D eigenvalue weighted by atomic mass is 16.5. The van der Waals surface area contributed by atoms with Crippen LogP contribution >= 0.6 is 0 Å². The molecule has 1 rings (SSSR count). The van der Waals surface area contributed by atoms with Crippen molar-refractivity contribution >= 4 is 47.6 Å². The van der Waals surface area contributed by atoms with Gasteiger partial charge in [-0.25, -0.2) is 0 Å². The van der Waals surface area contributed by atoms with Crippen molar-refractivity contribution in [1.29, 1.82) is 0 Å². The summed E-state index contributed by atoms with van der Waals surface area (Å²) in [5.41, 5.74) is -0.181. The van der Waals surface area contributed by atoms with Crippen LogP contribution in [0.5, 0.6) is 0 Å². The van der Waals surface area contributed by atoms with Gasteiger partial charge in [-0.2, -0.15) is 0 Å². The minimum atomic E-state index is -1.33. The fourth-order valence-electron chi connectivity index (χ4n) is 7.70. The first-order valence-corrected chi connectivity index (χ1v) is 24.0. The summed E-state index contributed by atoms with van der Waals surface area (Å²) < 4.78 is 6.10. The monoisotopic (exact) mass is 928 g/mol. The van der Waals surface area contributed by atoms with Crippen molar-refractivity contribution in [3.8, 4) is 0 Å². The molecule has 2 N–H and O–H groups in total. The van der Waals surface area contributed by atoms with Crippen LogP contribution in [0.4, 0.5) is 0 Å². The standard InChI is InChI=1S/C50H85N7O9/c1-15-19-26-57(43(59)24-17-3)33-44(60)53(12)40(30-35(5)6)45(61)52-39(34-66-50(9,10)11)47(63)55(14)42(32-37(18-4)23-16-2)49(65)54(13)41(31-36(7)8)46(62)51-38(25-29-58)48(64)56-27-21-20-22-28-56/h16,18,23,29,35-36,38-42H,2,4,15,17,19-22,24-28,30-34H2,1,3,5-14H3,(H,51,62)(H,52,61)/b37-23+/t38?,39-,40-,41-,42-/m0/s1. The van der Waals surface area contributed by atoms with Gasteiger partial charge in [0.05, 0.1) is 18.8 Å². The van der Waals surface area contributed by atoms with Crippen LogP contribution in [-0.4, -0.2) is 162 Å². The Labute approximate surface area is 396 Å². The van der Waals surface area contributed by atoms with E-state index in [-0.39, 0.29) is 62.5 Å². The van der Waals surface area contributed by atoms with Gasteiger partial charge in [-0.1, -0.05) is 79.3 Å². The number of ether oxygens (including phenoxy) is 1. The van der Waals surface area contributed by atoms with Gasteiger partial charge < -0.3 is 44.7 Å². The fraction of sp³-hybridized carbons (Fsp3) is 0.720. The summed E-state index contributed by atoms with van der Waals surface area (Å²) in [5, 5.41) is 5.64. The first-order chi connectivity index (χ1) is 31.0. The fourth-order valence-corrected chi connectivity index (χ4v) is 7.70. The lowest BCUT2D eigenvalue weighted by Crippen LogP contribution is -2.61. The predicted octanol–water partition coefficient (Wildman–Crippen LogP) is 5.06. The molecule has 0 aromatic heterocycles. The number of amides is 7. The van der Waals surface area contributed by atoms with Gasteiger partial charge in [-0.05, 0) is 83.1 Å². The molecule has 0 radical (unpaired) electrons. The number of nitrogens with zero attached hydrogens (tertiary/aromatic N) is 5. The highest BCUT2D eigenvalue weighted by Crippen LogP contribution is 2.22. The number of nitrogens with one attached hydrogen (secondary N) is 2. The van der Waals surface area contributed by atoms with Crippen LogP contribution in [0, 0.1) is 11.8 Å². The quantitative estimate of drug-likeness (QED) is 0.0764. The molecule has 1 heterocycles. The van der Waals surface area contributed by atoms with Gasteiger partial charge in [0.1, 0.15) is 36.5 Å². The number of hydrogen-bond donors (Lipinski definition) is 2. The van der Waals surface area contributed by atoms with Gasteiger partial charge in [0, 0.05) is 60.0 Å². The van der Waals surface area contributed by atoms with Crippen molar-refractivity contribution in [1.82, 2.24) is 35.1 Å². The second-order valence-corrected chi connectivity index (χ2v) is 19.3. The van der Waals surface area contributed by atoms with E-state index in [0.717, 1.165) is 32.1 Å². The number of allylic oxidation sites excluding steroid dienone is 3. The van der Waals surface area contributed by atoms with Crippen LogP contribution in [0.15, 0.2) is 37.0 Å². The Kier molecular flexibility index (Phi) is 26.6. The summed E-state index contributed by atoms with van der Waals surface area (Å²) in [6, 6.07) is -5.80. The molecule has 1 fully saturated rings. The Bertz CT molecular complexity index is 1670. The highest BCUT2D eigenvalue weighted by molar-refractivity contribution is 5.97. The normalized spacial score (nSPS) is 15.4. The summed E-state index contributed by atoms with van der Waals surface area (Å²) in [5.74, 6) is -3.54. The summed E-state index contributed by atoms with van der Waals surface area (Å²) in [6.07, 6.45) is 10.6. The second kappa shape index (κ2) is 29.7. The number of likely N-dealkylation sites (tertiary alicyclic amines) is 1. The average molecular weight is 928 g/mol. The zero-order chi connectivity index (χ0) is 50.3. The maximum atomic E-state index is 14.9. The van der Waals surface area contributed by atoms with E-state index in [4.69, 9.17) is 4.74 Å². The smallest absolute Gasteiger partial charge is 0.247 e. The minimum absolute atomic E-state index is 0.0442. The van der Waals surface area contributed by atoms with Crippen molar-refractivity contribution in [3.63, 3.8) is 0 Å². The molecule has 0 aromatic rings. The molecule has 1 unspecified atom stereocenters. The van der Waals surface area contributed by atoms with Gasteiger partial charge in [-0.3, -0.25) is 33.6 Å². The predicted molar refractivity (Wildman–Crippen MR) is 259 cm³/mol. The van der Waals surface area contributed by atoms with Crippen LogP contribution in [0.1, 0.15) is 133 Å². The third-order valence-corrected chi connectivity index (χ3v) is 11.6. The summed E-state index contributed by atoms with van der Waals surface area (Å²) in [4.78, 5) is 118. The van der Waals surface area contributed by atoms with Crippen LogP contribution in [0.3, 0.4) is 0 Å². The largest absolute Gasteiger partial charge is 0.373 e. The van der Waals surface area contributed by atoms with Crippen LogP contribution < -0.4 is 10.6 Å². The highest BCUT2D eigenvalue weighted by Gasteiger charge is 2.40. The lowest BCUT2D eigenvalue weighted by molar-refractivity contribution is -0.151. The topological polar surface area (TPSA) is 186 Å². The first kappa shape index (κ1) is 59.2. The molecular weight excluding hydrogens is 843 g/mol. The van der Waals surface area contributed by atoms with E-state index in [1.165, 1.54) is 46.8 Å². The number of unbranched alkanes of at least 4 members (excludes halogenated alkanes) is 1. The second-order valence-electron chi connectivity index (χ2n) is 19.3. The Morgan fingerprint density at radius 2 is 1.29 bits per heavy atom. The molecule has 0 aromatic carbocycles. The number of likely N-dealkylation sites (N-methyl/N-ethyl adjacent to an activating group) is 3. The summed E-state index contributed by atoms with van der Waals surface area (Å²) >= 11 is 0. The first-order valence-electron chi connectivity index (χ1n) is 24.0. The molecule has 0 spiro atoms. The Balaban J connectivity index is 3.73. The van der Waals surface area contributed by atoms with Gasteiger partial charge >= 0.3 is 0 Å². The van der Waals surface area contributed by atoms with Gasteiger partial charge in [0.25, 0.3) is 0 Å². The molecule has 0 saturated carbocycles. The van der Waals surface area contributed by atoms with Crippen LogP contribution in [0.2, 0.25) is 0 Å². The van der Waals surface area contributed by atoms with E-state index in [1.807, 2.05) is 41.5 Å². The van der Waals surface area contributed by atoms with Crippen molar-refractivity contribution in [3.05, 3.63) is 37.0 Å². The van der Waals surface area contributed by atoms with E-state index >= 15 is 0 Å². The summed E-state index contributed by atoms with van der Waals surface area (Å²) in [7, 11) is 4.43. The molecule has 0 aliphatic carbocycles. The van der Waals surface area contributed by atoms with Crippen molar-refractivity contribution in [2.45, 2.75) is 169 Å². The number of rotatable bonds is 29. The molecule has 7 amide bonds. The molecule has 16 heteroatoms. The van der Waals surface area contributed by atoms with Crippen molar-refractivity contribution in [2.75, 3.05) is 53.9 Å². The molecule has 5 atom stereocenters. The Morgan fingerprint density at radius 3 is 1.77 bits per heavy atom. The molecule has 16 nitrogen and oxygen atoms in total. The van der Waals surface area contributed by atoms with Gasteiger partial charge in [-0.15, -0.1) is 0 Å². The summed E-state index contributed by atoms with van der Waals surface area (Å²) in [6.45, 7) is 25.6. The zero-order valence-electron chi connectivity index (χ0n) is 42.5. The van der Waals surface area contributed by atoms with Crippen LogP contribution in [-0.2, 0) is 43.1 Å². The molecule has 1 saturated heterocycles. The van der Waals surface area contributed by atoms with E-state index < -0.39 is 65.3 Å². The lowest BCUT2D eigenvalue weighted by Gasteiger charge is -2.38. The maximum absolute atomic E-state index is 14.9. The number of carbonyl (C=O) groups excluding carboxylic acids is 8. The number of aldehydes is 1. The van der Waals surface area contributed by atoms with Gasteiger partial charge in [0.2, 0.25) is 41.4 Å². The van der Waals surface area contributed by atoms with Crippen molar-refractivity contribution in [2.24, 2.45) is 11.8 Å². The number of piperidine rings is 1. The zero-order valence-corrected chi connectivity index (χ0v) is 42.5. The lowest BCUT2D eigenvalue weighted by atomic mass is 9.98. The number of carbonyl (C=O) groups is 8. The number of hydrogen-bond acceptors (Lipinski definition) is 9. The minimum Gasteiger partial charge on any atom is -0.373 e. The molecule has 66 heavy (non-hydrogen) atoms. The molecule has 1 aliphatic rings. The molecule has 0 bridgehead atoms. The molecule has 1 aliphatic heterocycles. The maximum Gasteiger partial charge on any atom is 0.247 e. The van der Waals surface area contributed by atoms with E-state index in [1.54, 1.807) is 37.8 Å². The third-order valence-electron chi connectivity index (χ3n) is 11.6. The molecular formula is C50H85N7O9.